The fraction of sp³-hybridized carbons (Fsp3) is 0.684. The highest BCUT2D eigenvalue weighted by atomic mass is 16.5. The summed E-state index contributed by atoms with van der Waals surface area (Å²) in [5.41, 5.74) is 1.41. The van der Waals surface area contributed by atoms with Crippen molar-refractivity contribution in [2.45, 2.75) is 71.8 Å². The SMILES string of the molecule is CCCCCCCCc1ccc(OCCOC(C)C)cc1. The van der Waals surface area contributed by atoms with Crippen LogP contribution in [0.5, 0.6) is 5.75 Å². The average Bonchev–Trinajstić information content (AvgIpc) is 2.48. The van der Waals surface area contributed by atoms with Gasteiger partial charge in [0.05, 0.1) is 12.7 Å². The maximum atomic E-state index is 5.66. The molecule has 0 amide bonds. The van der Waals surface area contributed by atoms with E-state index in [0.717, 1.165) is 5.75 Å². The van der Waals surface area contributed by atoms with E-state index in [1.807, 2.05) is 13.8 Å². The van der Waals surface area contributed by atoms with Gasteiger partial charge in [-0.2, -0.15) is 0 Å². The quantitative estimate of drug-likeness (QED) is 0.481. The Morgan fingerprint density at radius 1 is 0.857 bits per heavy atom. The molecule has 0 N–H and O–H groups in total. The highest BCUT2D eigenvalue weighted by molar-refractivity contribution is 5.27. The Hall–Kier alpha value is -1.02. The Labute approximate surface area is 130 Å². The standard InChI is InChI=1S/C19H32O2/c1-4-5-6-7-8-9-10-18-11-13-19(14-12-18)21-16-15-20-17(2)3/h11-14,17H,4-10,15-16H2,1-3H3. The molecule has 0 radical (unpaired) electrons. The lowest BCUT2D eigenvalue weighted by molar-refractivity contribution is 0.0552. The zero-order valence-electron chi connectivity index (χ0n) is 14.1. The van der Waals surface area contributed by atoms with E-state index in [2.05, 4.69) is 31.2 Å². The monoisotopic (exact) mass is 292 g/mol. The third-order valence-corrected chi connectivity index (χ3v) is 3.55. The van der Waals surface area contributed by atoms with Gasteiger partial charge in [-0.15, -0.1) is 0 Å². The van der Waals surface area contributed by atoms with Crippen LogP contribution in [0.4, 0.5) is 0 Å². The van der Waals surface area contributed by atoms with Gasteiger partial charge < -0.3 is 9.47 Å². The van der Waals surface area contributed by atoms with E-state index in [0.29, 0.717) is 13.2 Å². The molecule has 1 aromatic carbocycles. The molecule has 0 aliphatic rings. The van der Waals surface area contributed by atoms with E-state index in [9.17, 15) is 0 Å². The van der Waals surface area contributed by atoms with Crippen molar-refractivity contribution < 1.29 is 9.47 Å². The van der Waals surface area contributed by atoms with Gasteiger partial charge in [0.2, 0.25) is 0 Å². The molecule has 120 valence electrons. The van der Waals surface area contributed by atoms with Gasteiger partial charge in [-0.3, -0.25) is 0 Å². The van der Waals surface area contributed by atoms with Crippen LogP contribution < -0.4 is 4.74 Å². The topological polar surface area (TPSA) is 18.5 Å². The Kier molecular flexibility index (Phi) is 9.98. The van der Waals surface area contributed by atoms with E-state index in [1.165, 1.54) is 50.5 Å². The minimum Gasteiger partial charge on any atom is -0.491 e. The summed E-state index contributed by atoms with van der Waals surface area (Å²) in [6, 6.07) is 8.51. The van der Waals surface area contributed by atoms with Crippen LogP contribution in [0, 0.1) is 0 Å². The Balaban J connectivity index is 2.12. The first kappa shape index (κ1) is 18.0. The first-order chi connectivity index (χ1) is 10.2. The van der Waals surface area contributed by atoms with Crippen molar-refractivity contribution >= 4 is 0 Å². The number of hydrogen-bond acceptors (Lipinski definition) is 2. The lowest BCUT2D eigenvalue weighted by Gasteiger charge is -2.09. The second kappa shape index (κ2) is 11.6. The van der Waals surface area contributed by atoms with Crippen LogP contribution in [0.15, 0.2) is 24.3 Å². The molecule has 0 saturated carbocycles. The second-order valence-corrected chi connectivity index (χ2v) is 5.93. The highest BCUT2D eigenvalue weighted by Gasteiger charge is 1.98. The predicted octanol–water partition coefficient (Wildman–Crippen LogP) is 5.39. The Bertz CT molecular complexity index is 343. The van der Waals surface area contributed by atoms with Crippen LogP contribution in [0.25, 0.3) is 0 Å². The van der Waals surface area contributed by atoms with Crippen LogP contribution in [-0.2, 0) is 11.2 Å². The number of aryl methyl sites for hydroxylation is 1. The molecule has 0 saturated heterocycles. The molecule has 0 unspecified atom stereocenters. The fourth-order valence-electron chi connectivity index (χ4n) is 2.31. The number of unbranched alkanes of at least 4 members (excludes halogenated alkanes) is 5. The van der Waals surface area contributed by atoms with E-state index in [-0.39, 0.29) is 6.10 Å². The maximum Gasteiger partial charge on any atom is 0.119 e. The summed E-state index contributed by atoms with van der Waals surface area (Å²) in [6.07, 6.45) is 9.58. The van der Waals surface area contributed by atoms with Crippen molar-refractivity contribution in [3.8, 4) is 5.75 Å². The van der Waals surface area contributed by atoms with Gasteiger partial charge in [0.1, 0.15) is 12.4 Å². The maximum absolute atomic E-state index is 5.66. The summed E-state index contributed by atoms with van der Waals surface area (Å²) in [7, 11) is 0. The summed E-state index contributed by atoms with van der Waals surface area (Å²) in [6.45, 7) is 7.61. The molecule has 2 nitrogen and oxygen atoms in total. The number of hydrogen-bond donors (Lipinski definition) is 0. The molecule has 0 atom stereocenters. The molecule has 0 aromatic heterocycles. The van der Waals surface area contributed by atoms with E-state index >= 15 is 0 Å². The van der Waals surface area contributed by atoms with E-state index in [1.54, 1.807) is 0 Å². The van der Waals surface area contributed by atoms with E-state index < -0.39 is 0 Å². The van der Waals surface area contributed by atoms with Crippen molar-refractivity contribution in [1.82, 2.24) is 0 Å². The first-order valence-corrected chi connectivity index (χ1v) is 8.55. The van der Waals surface area contributed by atoms with Crippen LogP contribution >= 0.6 is 0 Å². The van der Waals surface area contributed by atoms with Crippen LogP contribution in [0.3, 0.4) is 0 Å². The van der Waals surface area contributed by atoms with Crippen LogP contribution in [-0.4, -0.2) is 19.3 Å². The first-order valence-electron chi connectivity index (χ1n) is 8.55. The summed E-state index contributed by atoms with van der Waals surface area (Å²) in [4.78, 5) is 0. The van der Waals surface area contributed by atoms with Crippen LogP contribution in [0.2, 0.25) is 0 Å². The summed E-state index contributed by atoms with van der Waals surface area (Å²) in [5, 5.41) is 0. The van der Waals surface area contributed by atoms with Crippen molar-refractivity contribution in [2.24, 2.45) is 0 Å². The van der Waals surface area contributed by atoms with Crippen molar-refractivity contribution in [3.63, 3.8) is 0 Å². The normalized spacial score (nSPS) is 11.0. The number of rotatable bonds is 12. The summed E-state index contributed by atoms with van der Waals surface area (Å²) < 4.78 is 11.1. The zero-order chi connectivity index (χ0) is 15.3. The van der Waals surface area contributed by atoms with Crippen molar-refractivity contribution in [3.05, 3.63) is 29.8 Å². The summed E-state index contributed by atoms with van der Waals surface area (Å²) >= 11 is 0. The van der Waals surface area contributed by atoms with Gasteiger partial charge in [0, 0.05) is 0 Å². The minimum atomic E-state index is 0.272. The Morgan fingerprint density at radius 2 is 1.52 bits per heavy atom. The molecule has 0 aliphatic heterocycles. The third kappa shape index (κ3) is 9.52. The van der Waals surface area contributed by atoms with Gasteiger partial charge in [-0.25, -0.2) is 0 Å². The molecule has 0 fully saturated rings. The van der Waals surface area contributed by atoms with E-state index in [4.69, 9.17) is 9.47 Å². The van der Waals surface area contributed by atoms with Gasteiger partial charge in [0.25, 0.3) is 0 Å². The molecule has 2 heteroatoms. The molecular weight excluding hydrogens is 260 g/mol. The molecule has 1 rings (SSSR count). The Morgan fingerprint density at radius 3 is 2.19 bits per heavy atom. The van der Waals surface area contributed by atoms with Gasteiger partial charge in [-0.05, 0) is 44.4 Å². The lowest BCUT2D eigenvalue weighted by atomic mass is 10.0. The highest BCUT2D eigenvalue weighted by Crippen LogP contribution is 2.15. The number of ether oxygens (including phenoxy) is 2. The van der Waals surface area contributed by atoms with Crippen molar-refractivity contribution in [2.75, 3.05) is 13.2 Å². The van der Waals surface area contributed by atoms with Gasteiger partial charge in [-0.1, -0.05) is 51.2 Å². The second-order valence-electron chi connectivity index (χ2n) is 5.93. The van der Waals surface area contributed by atoms with Crippen molar-refractivity contribution in [1.29, 1.82) is 0 Å². The summed E-state index contributed by atoms with van der Waals surface area (Å²) in [5.74, 6) is 0.939. The van der Waals surface area contributed by atoms with Gasteiger partial charge in [0.15, 0.2) is 0 Å². The van der Waals surface area contributed by atoms with Crippen LogP contribution in [0.1, 0.15) is 64.9 Å². The predicted molar refractivity (Wildman–Crippen MR) is 90.1 cm³/mol. The molecule has 21 heavy (non-hydrogen) atoms. The molecule has 0 bridgehead atoms. The molecule has 1 aromatic rings. The average molecular weight is 292 g/mol. The molecule has 0 heterocycles. The molecule has 0 spiro atoms. The smallest absolute Gasteiger partial charge is 0.119 e. The fourth-order valence-corrected chi connectivity index (χ4v) is 2.31. The zero-order valence-corrected chi connectivity index (χ0v) is 14.1. The molecular formula is C19H32O2. The lowest BCUT2D eigenvalue weighted by Crippen LogP contribution is -2.11. The molecule has 0 aliphatic carbocycles. The minimum absolute atomic E-state index is 0.272. The largest absolute Gasteiger partial charge is 0.491 e. The number of benzene rings is 1. The van der Waals surface area contributed by atoms with Gasteiger partial charge >= 0.3 is 0 Å². The third-order valence-electron chi connectivity index (χ3n) is 3.55.